The van der Waals surface area contributed by atoms with Crippen molar-refractivity contribution < 1.29 is 38.8 Å². The summed E-state index contributed by atoms with van der Waals surface area (Å²) in [5, 5.41) is 30.3. The zero-order valence-electron chi connectivity index (χ0n) is 17.6. The molecule has 184 valence electrons. The number of rotatable bonds is 7. The lowest BCUT2D eigenvalue weighted by Gasteiger charge is -2.28. The maximum atomic E-state index is 15.5. The first-order valence-electron chi connectivity index (χ1n) is 10.2. The molecule has 2 aromatic heterocycles. The lowest BCUT2D eigenvalue weighted by Crippen LogP contribution is -2.53. The normalized spacial score (nSPS) is 27.6. The smallest absolute Gasteiger partial charge is 0.348 e. The van der Waals surface area contributed by atoms with E-state index >= 15 is 4.39 Å². The van der Waals surface area contributed by atoms with E-state index in [1.54, 1.807) is 0 Å². The second-order valence-corrected chi connectivity index (χ2v) is 8.67. The lowest BCUT2D eigenvalue weighted by molar-refractivity contribution is -0.194. The molecule has 5 rings (SSSR count). The van der Waals surface area contributed by atoms with Gasteiger partial charge < -0.3 is 36.3 Å². The van der Waals surface area contributed by atoms with Crippen LogP contribution < -0.4 is 11.5 Å². The fourth-order valence-corrected chi connectivity index (χ4v) is 4.50. The monoisotopic (exact) mass is 508 g/mol. The number of carboxylic acids is 2. The molecule has 1 saturated heterocycles. The first-order valence-corrected chi connectivity index (χ1v) is 10.5. The number of nitrogen functional groups attached to an aromatic ring is 2. The predicted molar refractivity (Wildman–Crippen MR) is 116 cm³/mol. The molecule has 13 nitrogen and oxygen atoms in total. The summed E-state index contributed by atoms with van der Waals surface area (Å²) in [6, 6.07) is 5.91. The van der Waals surface area contributed by atoms with Crippen LogP contribution in [0.2, 0.25) is 5.28 Å². The highest BCUT2D eigenvalue weighted by molar-refractivity contribution is 6.28. The highest BCUT2D eigenvalue weighted by atomic mass is 35.5. The molecule has 15 heteroatoms. The summed E-state index contributed by atoms with van der Waals surface area (Å²) >= 11 is 5.83. The average molecular weight is 509 g/mol. The van der Waals surface area contributed by atoms with Crippen LogP contribution >= 0.6 is 11.6 Å². The number of aromatic nitrogens is 4. The van der Waals surface area contributed by atoms with Gasteiger partial charge in [-0.3, -0.25) is 4.57 Å². The number of carbonyl (C=O) groups is 2. The van der Waals surface area contributed by atoms with Crippen molar-refractivity contribution in [2.75, 3.05) is 11.5 Å². The zero-order chi connectivity index (χ0) is 25.3. The molecule has 2 aliphatic rings. The molecule has 1 aliphatic carbocycles. The van der Waals surface area contributed by atoms with Gasteiger partial charge in [0.2, 0.25) is 5.28 Å². The third kappa shape index (κ3) is 3.36. The van der Waals surface area contributed by atoms with Gasteiger partial charge in [-0.05, 0) is 29.3 Å². The quantitative estimate of drug-likeness (QED) is 0.164. The van der Waals surface area contributed by atoms with E-state index in [4.69, 9.17) is 32.5 Å². The van der Waals surface area contributed by atoms with E-state index in [-0.39, 0.29) is 33.5 Å². The third-order valence-electron chi connectivity index (χ3n) is 6.17. The van der Waals surface area contributed by atoms with Crippen LogP contribution in [0.1, 0.15) is 11.8 Å². The number of imidazole rings is 1. The van der Waals surface area contributed by atoms with E-state index < -0.39 is 54.2 Å². The Kier molecular flexibility index (Phi) is 5.10. The van der Waals surface area contributed by atoms with E-state index in [9.17, 15) is 24.9 Å². The second kappa shape index (κ2) is 7.71. The van der Waals surface area contributed by atoms with Crippen LogP contribution in [0.5, 0.6) is 0 Å². The number of alkyl halides is 1. The van der Waals surface area contributed by atoms with Crippen LogP contribution in [0.4, 0.5) is 15.9 Å². The Labute approximate surface area is 200 Å². The first kappa shape index (κ1) is 23.2. The van der Waals surface area contributed by atoms with Gasteiger partial charge in [0.15, 0.2) is 29.5 Å². The Morgan fingerprint density at radius 2 is 2.00 bits per heavy atom. The van der Waals surface area contributed by atoms with Gasteiger partial charge in [0.25, 0.3) is 5.60 Å². The van der Waals surface area contributed by atoms with Crippen molar-refractivity contribution in [3.05, 3.63) is 41.4 Å². The van der Waals surface area contributed by atoms with E-state index in [2.05, 4.69) is 15.0 Å². The first-order chi connectivity index (χ1) is 16.5. The summed E-state index contributed by atoms with van der Waals surface area (Å²) in [5.41, 5.74) is 6.99. The van der Waals surface area contributed by atoms with Gasteiger partial charge in [-0.2, -0.15) is 9.97 Å². The molecule has 1 unspecified atom stereocenters. The van der Waals surface area contributed by atoms with Crippen LogP contribution in [0.3, 0.4) is 0 Å². The van der Waals surface area contributed by atoms with Crippen molar-refractivity contribution in [1.29, 1.82) is 0 Å². The highest BCUT2D eigenvalue weighted by Crippen LogP contribution is 2.58. The molecule has 0 spiro atoms. The lowest BCUT2D eigenvalue weighted by atomic mass is 9.94. The number of aliphatic hydroxyl groups is 1. The van der Waals surface area contributed by atoms with Gasteiger partial charge in [-0.25, -0.2) is 19.0 Å². The molecule has 5 atom stereocenters. The number of nitrogens with two attached hydrogens (primary N) is 2. The van der Waals surface area contributed by atoms with Crippen molar-refractivity contribution in [3.8, 4) is 0 Å². The largest absolute Gasteiger partial charge is 0.479 e. The number of hydrogen-bond acceptors (Lipinski definition) is 10. The predicted octanol–water partition coefficient (Wildman–Crippen LogP) is 0.160. The number of anilines is 2. The number of fused-ring (bicyclic) bond motifs is 2. The third-order valence-corrected chi connectivity index (χ3v) is 6.34. The number of benzene rings is 1. The maximum Gasteiger partial charge on any atom is 0.348 e. The molecule has 3 aromatic rings. The summed E-state index contributed by atoms with van der Waals surface area (Å²) in [6.07, 6.45) is -6.03. The van der Waals surface area contributed by atoms with Crippen LogP contribution in [0.15, 0.2) is 30.6 Å². The van der Waals surface area contributed by atoms with Crippen LogP contribution in [-0.4, -0.2) is 76.4 Å². The summed E-state index contributed by atoms with van der Waals surface area (Å²) in [6.45, 7) is 0. The van der Waals surface area contributed by atoms with Crippen LogP contribution in [0.25, 0.3) is 11.2 Å². The zero-order valence-corrected chi connectivity index (χ0v) is 18.3. The minimum atomic E-state index is -2.84. The van der Waals surface area contributed by atoms with Gasteiger partial charge in [-0.1, -0.05) is 12.1 Å². The van der Waals surface area contributed by atoms with Crippen LogP contribution in [0, 0.1) is 0 Å². The van der Waals surface area contributed by atoms with Crippen molar-refractivity contribution >= 4 is 46.2 Å². The molecule has 1 saturated carbocycles. The number of nitrogens with zero attached hydrogens (tertiary/aromatic N) is 4. The summed E-state index contributed by atoms with van der Waals surface area (Å²) in [4.78, 5) is 35.9. The molecule has 1 aliphatic heterocycles. The Balaban J connectivity index is 1.42. The van der Waals surface area contributed by atoms with Crippen molar-refractivity contribution in [2.24, 2.45) is 0 Å². The van der Waals surface area contributed by atoms with E-state index in [0.717, 1.165) is 4.57 Å². The average Bonchev–Trinajstić information content (AvgIpc) is 3.04. The van der Waals surface area contributed by atoms with Crippen LogP contribution in [-0.2, 0) is 25.5 Å². The van der Waals surface area contributed by atoms with Gasteiger partial charge >= 0.3 is 11.9 Å². The second-order valence-electron chi connectivity index (χ2n) is 8.34. The Bertz CT molecular complexity index is 1360. The van der Waals surface area contributed by atoms with Gasteiger partial charge in [0, 0.05) is 12.1 Å². The molecule has 3 heterocycles. The number of aliphatic carboxylic acids is 2. The summed E-state index contributed by atoms with van der Waals surface area (Å²) < 4.78 is 27.6. The van der Waals surface area contributed by atoms with Gasteiger partial charge in [-0.15, -0.1) is 0 Å². The molecule has 0 radical (unpaired) electrons. The fourth-order valence-electron chi connectivity index (χ4n) is 4.33. The molecule has 35 heavy (non-hydrogen) atoms. The van der Waals surface area contributed by atoms with Crippen molar-refractivity contribution in [2.45, 2.75) is 42.2 Å². The molecule has 0 bridgehead atoms. The summed E-state index contributed by atoms with van der Waals surface area (Å²) in [5.74, 6) is -3.72. The molecule has 7 N–H and O–H groups in total. The van der Waals surface area contributed by atoms with Gasteiger partial charge in [0.1, 0.15) is 17.7 Å². The topological polar surface area (TPSA) is 209 Å². The standard InChI is InChI=1S/C20H18ClFN6O7/c21-18-26-13(24)9-14(27-18)28(6-25-9)15-10(22)20(33)11(34-15)12(20)35-19(16(29)30,17(31)32)5-7-2-1-3-8(23)4-7/h1-4,6,10-12,15,33H,5,23H2,(H,29,30)(H,31,32)(H2,24,26,27)/t10-,11-,12?,15-,20+/m1/s1. The van der Waals surface area contributed by atoms with E-state index in [0.29, 0.717) is 0 Å². The summed E-state index contributed by atoms with van der Waals surface area (Å²) in [7, 11) is 0. The van der Waals surface area contributed by atoms with Crippen molar-refractivity contribution in [1.82, 2.24) is 19.5 Å². The Morgan fingerprint density at radius 3 is 2.60 bits per heavy atom. The number of halogens is 2. The molecule has 2 fully saturated rings. The number of ether oxygens (including phenoxy) is 2. The maximum absolute atomic E-state index is 15.5. The van der Waals surface area contributed by atoms with E-state index in [1.165, 1.54) is 30.6 Å². The molecular formula is C20H18ClFN6O7. The number of hydrogen-bond donors (Lipinski definition) is 5. The van der Waals surface area contributed by atoms with Crippen molar-refractivity contribution in [3.63, 3.8) is 0 Å². The minimum Gasteiger partial charge on any atom is -0.479 e. The SMILES string of the molecule is Nc1cccc(CC(OC2[C@H]3O[C@@H](n4cnc5c(N)nc(Cl)nc54)[C@@H](F)[C@@]23O)(C(=O)O)C(=O)O)c1. The van der Waals surface area contributed by atoms with Gasteiger partial charge in [0.05, 0.1) is 6.33 Å². The Morgan fingerprint density at radius 1 is 1.29 bits per heavy atom. The molecule has 1 aromatic carbocycles. The number of carboxylic acid groups (broad SMARTS) is 2. The molecular weight excluding hydrogens is 491 g/mol. The minimum absolute atomic E-state index is 0.0459. The molecule has 0 amide bonds. The van der Waals surface area contributed by atoms with E-state index in [1.807, 2.05) is 0 Å². The fraction of sp³-hybridized carbons (Fsp3) is 0.350. The highest BCUT2D eigenvalue weighted by Gasteiger charge is 2.80. The Hall–Kier alpha value is -3.59.